The monoisotopic (exact) mass is 359 g/mol. The lowest BCUT2D eigenvalue weighted by Gasteiger charge is -2.39. The second-order valence-electron chi connectivity index (χ2n) is 5.42. The summed E-state index contributed by atoms with van der Waals surface area (Å²) < 4.78 is 20.0. The molecule has 1 unspecified atom stereocenters. The number of rotatable bonds is 9. The molecule has 1 N–H and O–H groups in total. The third-order valence-electron chi connectivity index (χ3n) is 4.32. The fourth-order valence-electron chi connectivity index (χ4n) is 2.84. The summed E-state index contributed by atoms with van der Waals surface area (Å²) in [6.45, 7) is 7.43. The Balaban J connectivity index is 3.01. The maximum absolute atomic E-state index is 13.2. The number of hydrogen-bond acceptors (Lipinski definition) is 2. The molecule has 2 nitrogen and oxygen atoms in total. The van der Waals surface area contributed by atoms with Crippen LogP contribution >= 0.6 is 15.9 Å². The second-order valence-corrected chi connectivity index (χ2v) is 6.28. The Hall–Kier alpha value is -0.450. The highest BCUT2D eigenvalue weighted by molar-refractivity contribution is 9.10. The molecular weight excluding hydrogens is 333 g/mol. The molecule has 0 radical (unpaired) electrons. The fourth-order valence-corrected chi connectivity index (χ4v) is 3.36. The minimum atomic E-state index is -0.215. The molecule has 4 heteroatoms. The Morgan fingerprint density at radius 2 is 1.95 bits per heavy atom. The van der Waals surface area contributed by atoms with E-state index < -0.39 is 0 Å². The molecule has 0 saturated carbocycles. The lowest BCUT2D eigenvalue weighted by atomic mass is 9.84. The average Bonchev–Trinajstić information content (AvgIpc) is 2.49. The van der Waals surface area contributed by atoms with Gasteiger partial charge in [-0.25, -0.2) is 4.39 Å². The zero-order chi connectivity index (χ0) is 15.9. The number of benzene rings is 1. The van der Waals surface area contributed by atoms with Crippen molar-refractivity contribution in [3.63, 3.8) is 0 Å². The largest absolute Gasteiger partial charge is 0.377 e. The molecular formula is C17H27BrFNO. The summed E-state index contributed by atoms with van der Waals surface area (Å²) >= 11 is 3.47. The van der Waals surface area contributed by atoms with Gasteiger partial charge in [0.2, 0.25) is 0 Å². The molecule has 21 heavy (non-hydrogen) atoms. The van der Waals surface area contributed by atoms with Crippen molar-refractivity contribution >= 4 is 15.9 Å². The van der Waals surface area contributed by atoms with Gasteiger partial charge in [0.1, 0.15) is 5.82 Å². The molecule has 0 saturated heterocycles. The van der Waals surface area contributed by atoms with Crippen molar-refractivity contribution in [2.24, 2.45) is 0 Å². The van der Waals surface area contributed by atoms with E-state index in [1.807, 2.05) is 6.07 Å². The van der Waals surface area contributed by atoms with E-state index in [0.29, 0.717) is 0 Å². The van der Waals surface area contributed by atoms with Gasteiger partial charge in [-0.05, 0) is 49.9 Å². The Bertz CT molecular complexity index is 427. The van der Waals surface area contributed by atoms with Gasteiger partial charge in [-0.2, -0.15) is 0 Å². The molecule has 0 fully saturated rings. The Labute approximate surface area is 136 Å². The van der Waals surface area contributed by atoms with Crippen molar-refractivity contribution in [3.8, 4) is 0 Å². The van der Waals surface area contributed by atoms with Crippen molar-refractivity contribution in [1.82, 2.24) is 5.32 Å². The van der Waals surface area contributed by atoms with Gasteiger partial charge >= 0.3 is 0 Å². The first-order valence-electron chi connectivity index (χ1n) is 7.75. The lowest BCUT2D eigenvalue weighted by molar-refractivity contribution is -0.0472. The van der Waals surface area contributed by atoms with Crippen molar-refractivity contribution in [3.05, 3.63) is 34.1 Å². The Morgan fingerprint density at radius 1 is 1.29 bits per heavy atom. The summed E-state index contributed by atoms with van der Waals surface area (Å²) in [6.07, 6.45) is 3.78. The molecule has 0 heterocycles. The predicted octanol–water partition coefficient (Wildman–Crippen LogP) is 4.70. The van der Waals surface area contributed by atoms with Crippen LogP contribution in [0.2, 0.25) is 0 Å². The highest BCUT2D eigenvalue weighted by atomic mass is 79.9. The topological polar surface area (TPSA) is 21.3 Å². The minimum absolute atomic E-state index is 0.191. The predicted molar refractivity (Wildman–Crippen MR) is 90.2 cm³/mol. The van der Waals surface area contributed by atoms with Gasteiger partial charge in [-0.15, -0.1) is 0 Å². The quantitative estimate of drug-likeness (QED) is 0.689. The van der Waals surface area contributed by atoms with Crippen LogP contribution in [-0.2, 0) is 11.2 Å². The summed E-state index contributed by atoms with van der Waals surface area (Å²) in [5.41, 5.74) is 0.913. The average molecular weight is 360 g/mol. The van der Waals surface area contributed by atoms with E-state index in [2.05, 4.69) is 42.0 Å². The summed E-state index contributed by atoms with van der Waals surface area (Å²) in [5.74, 6) is -0.215. The highest BCUT2D eigenvalue weighted by Gasteiger charge is 2.35. The van der Waals surface area contributed by atoms with Crippen molar-refractivity contribution in [1.29, 1.82) is 0 Å². The summed E-state index contributed by atoms with van der Waals surface area (Å²) in [7, 11) is 1.79. The molecule has 0 bridgehead atoms. The molecule has 0 spiro atoms. The van der Waals surface area contributed by atoms with E-state index in [0.717, 1.165) is 42.3 Å². The number of hydrogen-bond donors (Lipinski definition) is 1. The first-order valence-corrected chi connectivity index (χ1v) is 8.54. The molecule has 1 atom stereocenters. The van der Waals surface area contributed by atoms with Gasteiger partial charge in [0.15, 0.2) is 0 Å². The van der Waals surface area contributed by atoms with Crippen molar-refractivity contribution < 1.29 is 9.13 Å². The fraction of sp³-hybridized carbons (Fsp3) is 0.647. The Kier molecular flexibility index (Phi) is 7.85. The third-order valence-corrected chi connectivity index (χ3v) is 5.06. The van der Waals surface area contributed by atoms with Crippen LogP contribution in [0.15, 0.2) is 22.7 Å². The maximum atomic E-state index is 13.2. The van der Waals surface area contributed by atoms with Crippen molar-refractivity contribution in [2.75, 3.05) is 13.7 Å². The summed E-state index contributed by atoms with van der Waals surface area (Å²) in [5, 5.41) is 3.61. The minimum Gasteiger partial charge on any atom is -0.377 e. The molecule has 0 aromatic heterocycles. The van der Waals surface area contributed by atoms with E-state index in [-0.39, 0.29) is 17.5 Å². The van der Waals surface area contributed by atoms with Crippen LogP contribution in [0.1, 0.15) is 45.6 Å². The number of halogens is 2. The van der Waals surface area contributed by atoms with Gasteiger partial charge in [0.05, 0.1) is 5.60 Å². The molecule has 1 aromatic rings. The van der Waals surface area contributed by atoms with Gasteiger partial charge in [0, 0.05) is 17.6 Å². The van der Waals surface area contributed by atoms with Gasteiger partial charge in [-0.1, -0.05) is 42.8 Å². The van der Waals surface area contributed by atoms with Crippen LogP contribution in [0.25, 0.3) is 0 Å². The van der Waals surface area contributed by atoms with E-state index in [1.54, 1.807) is 7.11 Å². The second kappa shape index (κ2) is 8.86. The zero-order valence-electron chi connectivity index (χ0n) is 13.5. The molecule has 0 amide bonds. The number of methoxy groups -OCH3 is 1. The van der Waals surface area contributed by atoms with Crippen LogP contribution in [0.4, 0.5) is 4.39 Å². The molecule has 1 aromatic carbocycles. The van der Waals surface area contributed by atoms with Gasteiger partial charge in [0.25, 0.3) is 0 Å². The number of ether oxygens (including phenoxy) is 1. The molecule has 0 aliphatic carbocycles. The van der Waals surface area contributed by atoms with Gasteiger partial charge < -0.3 is 10.1 Å². The molecule has 0 aliphatic rings. The number of nitrogens with one attached hydrogen (secondary N) is 1. The lowest BCUT2D eigenvalue weighted by Crippen LogP contribution is -2.53. The third kappa shape index (κ3) is 4.76. The first-order chi connectivity index (χ1) is 10.0. The standard InChI is InChI=1S/C17H27BrFNO/c1-5-10-20-16(17(6-2,7-3)21-4)11-13-8-9-14(19)12-15(13)18/h8-9,12,16,20H,5-7,10-11H2,1-4H3. The molecule has 0 aliphatic heterocycles. The van der Waals surface area contributed by atoms with E-state index in [1.165, 1.54) is 12.1 Å². The van der Waals surface area contributed by atoms with E-state index in [9.17, 15) is 4.39 Å². The summed E-state index contributed by atoms with van der Waals surface area (Å²) in [4.78, 5) is 0. The zero-order valence-corrected chi connectivity index (χ0v) is 15.1. The SMILES string of the molecule is CCCNC(Cc1ccc(F)cc1Br)C(CC)(CC)OC. The van der Waals surface area contributed by atoms with E-state index >= 15 is 0 Å². The van der Waals surface area contributed by atoms with Crippen LogP contribution in [-0.4, -0.2) is 25.3 Å². The van der Waals surface area contributed by atoms with Crippen LogP contribution in [0.5, 0.6) is 0 Å². The molecule has 120 valence electrons. The normalized spacial score (nSPS) is 13.4. The van der Waals surface area contributed by atoms with Crippen LogP contribution in [0.3, 0.4) is 0 Å². The van der Waals surface area contributed by atoms with Gasteiger partial charge in [-0.3, -0.25) is 0 Å². The van der Waals surface area contributed by atoms with Crippen molar-refractivity contribution in [2.45, 2.75) is 58.1 Å². The smallest absolute Gasteiger partial charge is 0.124 e. The van der Waals surface area contributed by atoms with Crippen LogP contribution < -0.4 is 5.32 Å². The summed E-state index contributed by atoms with van der Waals surface area (Å²) in [6, 6.07) is 5.10. The molecule has 1 rings (SSSR count). The Morgan fingerprint density at radius 3 is 2.43 bits per heavy atom. The maximum Gasteiger partial charge on any atom is 0.124 e. The first kappa shape index (κ1) is 18.6. The van der Waals surface area contributed by atoms with E-state index in [4.69, 9.17) is 4.74 Å². The van der Waals surface area contributed by atoms with Crippen LogP contribution in [0, 0.1) is 5.82 Å². The highest BCUT2D eigenvalue weighted by Crippen LogP contribution is 2.29.